The molecule has 1 aliphatic heterocycles. The first-order chi connectivity index (χ1) is 11.0. The molecule has 124 valence electrons. The lowest BCUT2D eigenvalue weighted by molar-refractivity contribution is -0.385. The molecule has 0 saturated carbocycles. The van der Waals surface area contributed by atoms with Gasteiger partial charge in [0, 0.05) is 38.8 Å². The van der Waals surface area contributed by atoms with Crippen molar-refractivity contribution in [3.8, 4) is 0 Å². The lowest BCUT2D eigenvalue weighted by Gasteiger charge is -2.33. The zero-order chi connectivity index (χ0) is 16.8. The lowest BCUT2D eigenvalue weighted by Crippen LogP contribution is -2.48. The van der Waals surface area contributed by atoms with Gasteiger partial charge < -0.3 is 10.0 Å². The summed E-state index contributed by atoms with van der Waals surface area (Å²) in [7, 11) is 0. The van der Waals surface area contributed by atoms with Crippen molar-refractivity contribution in [1.29, 1.82) is 0 Å². The Bertz CT molecular complexity index is 613. The van der Waals surface area contributed by atoms with Crippen LogP contribution in [0.25, 0.3) is 6.08 Å². The van der Waals surface area contributed by atoms with Crippen LogP contribution >= 0.6 is 0 Å². The normalized spacial score (nSPS) is 16.0. The second-order valence-electron chi connectivity index (χ2n) is 5.18. The van der Waals surface area contributed by atoms with Gasteiger partial charge in [-0.1, -0.05) is 0 Å². The second-order valence-corrected chi connectivity index (χ2v) is 5.18. The van der Waals surface area contributed by atoms with Gasteiger partial charge in [-0.3, -0.25) is 19.8 Å². The summed E-state index contributed by atoms with van der Waals surface area (Å²) in [5, 5.41) is 19.8. The summed E-state index contributed by atoms with van der Waals surface area (Å²) in [6.07, 6.45) is 2.60. The molecule has 23 heavy (non-hydrogen) atoms. The highest BCUT2D eigenvalue weighted by Gasteiger charge is 2.19. The minimum atomic E-state index is -0.694. The van der Waals surface area contributed by atoms with Gasteiger partial charge in [0.1, 0.15) is 5.82 Å². The largest absolute Gasteiger partial charge is 0.395 e. The number of nitrogens with zero attached hydrogens (tertiary/aromatic N) is 3. The van der Waals surface area contributed by atoms with Crippen LogP contribution in [-0.4, -0.2) is 65.1 Å². The molecule has 1 aliphatic rings. The number of aliphatic hydroxyl groups excluding tert-OH is 1. The van der Waals surface area contributed by atoms with E-state index in [4.69, 9.17) is 5.11 Å². The summed E-state index contributed by atoms with van der Waals surface area (Å²) in [6, 6.07) is 3.22. The fraction of sp³-hybridized carbons (Fsp3) is 0.400. The Hall–Kier alpha value is -2.32. The van der Waals surface area contributed by atoms with E-state index in [0.717, 1.165) is 12.1 Å². The number of carbonyl (C=O) groups excluding carboxylic acids is 1. The van der Waals surface area contributed by atoms with Crippen molar-refractivity contribution in [3.63, 3.8) is 0 Å². The van der Waals surface area contributed by atoms with Gasteiger partial charge in [-0.2, -0.15) is 0 Å². The molecule has 1 heterocycles. The van der Waals surface area contributed by atoms with Crippen LogP contribution in [0.3, 0.4) is 0 Å². The third kappa shape index (κ3) is 4.57. The van der Waals surface area contributed by atoms with E-state index < -0.39 is 10.7 Å². The minimum Gasteiger partial charge on any atom is -0.395 e. The van der Waals surface area contributed by atoms with Gasteiger partial charge >= 0.3 is 0 Å². The molecule has 1 aromatic rings. The number of hydrogen-bond acceptors (Lipinski definition) is 5. The quantitative estimate of drug-likeness (QED) is 0.494. The van der Waals surface area contributed by atoms with Crippen molar-refractivity contribution in [2.24, 2.45) is 0 Å². The molecule has 0 atom stereocenters. The minimum absolute atomic E-state index is 0.0854. The van der Waals surface area contributed by atoms with Crippen molar-refractivity contribution < 1.29 is 19.2 Å². The van der Waals surface area contributed by atoms with Crippen LogP contribution in [0.2, 0.25) is 0 Å². The fourth-order valence-electron chi connectivity index (χ4n) is 2.42. The summed E-state index contributed by atoms with van der Waals surface area (Å²) in [5.74, 6) is -0.938. The fourth-order valence-corrected chi connectivity index (χ4v) is 2.42. The lowest BCUT2D eigenvalue weighted by atomic mass is 10.1. The van der Waals surface area contributed by atoms with Crippen molar-refractivity contribution >= 4 is 17.7 Å². The van der Waals surface area contributed by atoms with Crippen LogP contribution in [0.15, 0.2) is 24.3 Å². The van der Waals surface area contributed by atoms with Crippen molar-refractivity contribution in [3.05, 3.63) is 45.8 Å². The first-order valence-corrected chi connectivity index (χ1v) is 7.25. The average Bonchev–Trinajstić information content (AvgIpc) is 2.54. The number of hydrogen-bond donors (Lipinski definition) is 1. The van der Waals surface area contributed by atoms with Gasteiger partial charge in [0.15, 0.2) is 0 Å². The van der Waals surface area contributed by atoms with E-state index in [2.05, 4.69) is 4.90 Å². The van der Waals surface area contributed by atoms with E-state index in [0.29, 0.717) is 32.7 Å². The van der Waals surface area contributed by atoms with E-state index in [-0.39, 0.29) is 23.8 Å². The number of carbonyl (C=O) groups is 1. The molecule has 1 amide bonds. The molecule has 1 saturated heterocycles. The molecule has 1 fully saturated rings. The van der Waals surface area contributed by atoms with E-state index in [1.165, 1.54) is 18.2 Å². The zero-order valence-corrected chi connectivity index (χ0v) is 12.5. The van der Waals surface area contributed by atoms with E-state index >= 15 is 0 Å². The van der Waals surface area contributed by atoms with Gasteiger partial charge in [-0.15, -0.1) is 0 Å². The van der Waals surface area contributed by atoms with Gasteiger partial charge in [-0.25, -0.2) is 4.39 Å². The highest BCUT2D eigenvalue weighted by Crippen LogP contribution is 2.21. The average molecular weight is 323 g/mol. The molecule has 0 spiro atoms. The number of nitro groups is 1. The smallest absolute Gasteiger partial charge is 0.279 e. The number of piperazine rings is 1. The molecular formula is C15H18FN3O4. The van der Waals surface area contributed by atoms with Gasteiger partial charge in [-0.05, 0) is 18.2 Å². The molecule has 0 aliphatic carbocycles. The Morgan fingerprint density at radius 3 is 2.65 bits per heavy atom. The second kappa shape index (κ2) is 7.80. The van der Waals surface area contributed by atoms with Crippen molar-refractivity contribution in [2.45, 2.75) is 0 Å². The SMILES string of the molecule is O=C(C=Cc1ccc(F)cc1[N+](=O)[O-])N1CCN(CCO)CC1. The monoisotopic (exact) mass is 323 g/mol. The maximum Gasteiger partial charge on any atom is 0.279 e. The summed E-state index contributed by atoms with van der Waals surface area (Å²) in [4.78, 5) is 26.0. The van der Waals surface area contributed by atoms with Crippen LogP contribution in [0.4, 0.5) is 10.1 Å². The van der Waals surface area contributed by atoms with Gasteiger partial charge in [0.2, 0.25) is 5.91 Å². The van der Waals surface area contributed by atoms with Crippen LogP contribution in [0, 0.1) is 15.9 Å². The van der Waals surface area contributed by atoms with Gasteiger partial charge in [0.25, 0.3) is 5.69 Å². The molecule has 2 rings (SSSR count). The zero-order valence-electron chi connectivity index (χ0n) is 12.5. The summed E-state index contributed by atoms with van der Waals surface area (Å²) < 4.78 is 13.1. The number of aliphatic hydroxyl groups is 1. The maximum absolute atomic E-state index is 13.1. The Kier molecular flexibility index (Phi) is 5.78. The highest BCUT2D eigenvalue weighted by molar-refractivity contribution is 5.92. The number of β-amino-alcohol motifs (C(OH)–C–C–N with tert-alkyl or cyclic N) is 1. The predicted molar refractivity (Wildman–Crippen MR) is 82.2 cm³/mol. The first-order valence-electron chi connectivity index (χ1n) is 7.25. The molecule has 1 N–H and O–H groups in total. The third-order valence-electron chi connectivity index (χ3n) is 3.69. The van der Waals surface area contributed by atoms with E-state index in [1.807, 2.05) is 0 Å². The van der Waals surface area contributed by atoms with Crippen molar-refractivity contribution in [1.82, 2.24) is 9.80 Å². The van der Waals surface area contributed by atoms with E-state index in [1.54, 1.807) is 4.90 Å². The summed E-state index contributed by atoms with van der Waals surface area (Å²) in [5.41, 5.74) is -0.189. The number of benzene rings is 1. The number of rotatable bonds is 5. The summed E-state index contributed by atoms with van der Waals surface area (Å²) >= 11 is 0. The van der Waals surface area contributed by atoms with Crippen LogP contribution in [0.5, 0.6) is 0 Å². The van der Waals surface area contributed by atoms with Crippen LogP contribution in [-0.2, 0) is 4.79 Å². The highest BCUT2D eigenvalue weighted by atomic mass is 19.1. The van der Waals surface area contributed by atoms with E-state index in [9.17, 15) is 19.3 Å². The van der Waals surface area contributed by atoms with Crippen LogP contribution in [0.1, 0.15) is 5.56 Å². The topological polar surface area (TPSA) is 86.9 Å². The Balaban J connectivity index is 2.01. The Morgan fingerprint density at radius 2 is 2.04 bits per heavy atom. The van der Waals surface area contributed by atoms with Crippen molar-refractivity contribution in [2.75, 3.05) is 39.3 Å². The molecule has 0 bridgehead atoms. The third-order valence-corrected chi connectivity index (χ3v) is 3.69. The molecule has 0 unspecified atom stereocenters. The molecule has 0 radical (unpaired) electrons. The van der Waals surface area contributed by atoms with Crippen LogP contribution < -0.4 is 0 Å². The standard InChI is InChI=1S/C15H18FN3O4/c16-13-3-1-12(14(11-13)19(22)23)2-4-15(21)18-7-5-17(6-8-18)9-10-20/h1-4,11,20H,5-10H2. The Labute approximate surface area is 132 Å². The summed E-state index contributed by atoms with van der Waals surface area (Å²) in [6.45, 7) is 3.10. The number of nitro benzene ring substituents is 1. The predicted octanol–water partition coefficient (Wildman–Crippen LogP) is 0.884. The van der Waals surface area contributed by atoms with Gasteiger partial charge in [0.05, 0.1) is 23.2 Å². The Morgan fingerprint density at radius 1 is 1.35 bits per heavy atom. The maximum atomic E-state index is 13.1. The molecule has 1 aromatic carbocycles. The molecule has 7 nitrogen and oxygen atoms in total. The molecular weight excluding hydrogens is 305 g/mol. The number of amides is 1. The molecule has 8 heteroatoms. The first kappa shape index (κ1) is 17.0. The number of halogens is 1. The molecule has 0 aromatic heterocycles.